The van der Waals surface area contributed by atoms with Gasteiger partial charge in [-0.25, -0.2) is 18.1 Å². The second kappa shape index (κ2) is 5.90. The maximum absolute atomic E-state index is 12.0. The highest BCUT2D eigenvalue weighted by molar-refractivity contribution is 7.89. The number of piperazine rings is 1. The SMILES string of the molecule is CC1CNCCN1C(=O)CNS(=O)(=O)c1cn(C)cn1. The number of nitrogens with one attached hydrogen (secondary N) is 2. The third kappa shape index (κ3) is 3.35. The fourth-order valence-corrected chi connectivity index (χ4v) is 3.02. The number of aryl methyl sites for hydroxylation is 1. The zero-order valence-corrected chi connectivity index (χ0v) is 12.4. The maximum atomic E-state index is 12.0. The van der Waals surface area contributed by atoms with Gasteiger partial charge in [0.15, 0.2) is 5.03 Å². The van der Waals surface area contributed by atoms with Gasteiger partial charge < -0.3 is 14.8 Å². The summed E-state index contributed by atoms with van der Waals surface area (Å²) in [4.78, 5) is 17.5. The maximum Gasteiger partial charge on any atom is 0.260 e. The van der Waals surface area contributed by atoms with Crippen molar-refractivity contribution in [2.45, 2.75) is 18.0 Å². The number of carbonyl (C=O) groups is 1. The number of hydrogen-bond donors (Lipinski definition) is 2. The number of nitrogens with zero attached hydrogens (tertiary/aromatic N) is 3. The van der Waals surface area contributed by atoms with Crippen molar-refractivity contribution in [1.82, 2.24) is 24.5 Å². The van der Waals surface area contributed by atoms with Crippen LogP contribution in [0.3, 0.4) is 0 Å². The summed E-state index contributed by atoms with van der Waals surface area (Å²) in [6.07, 6.45) is 2.79. The minimum absolute atomic E-state index is 0.0654. The molecule has 0 aromatic carbocycles. The first-order chi connectivity index (χ1) is 9.40. The first-order valence-electron chi connectivity index (χ1n) is 6.38. The fraction of sp³-hybridized carbons (Fsp3) is 0.636. The summed E-state index contributed by atoms with van der Waals surface area (Å²) < 4.78 is 27.7. The van der Waals surface area contributed by atoms with Crippen LogP contribution in [-0.4, -0.2) is 61.0 Å². The minimum Gasteiger partial charge on any atom is -0.339 e. The van der Waals surface area contributed by atoms with E-state index in [0.29, 0.717) is 6.54 Å². The van der Waals surface area contributed by atoms with Crippen molar-refractivity contribution in [3.05, 3.63) is 12.5 Å². The first kappa shape index (κ1) is 14.9. The van der Waals surface area contributed by atoms with E-state index in [1.807, 2.05) is 6.92 Å². The van der Waals surface area contributed by atoms with Crippen molar-refractivity contribution in [1.29, 1.82) is 0 Å². The molecule has 0 aliphatic carbocycles. The smallest absolute Gasteiger partial charge is 0.260 e. The lowest BCUT2D eigenvalue weighted by Crippen LogP contribution is -2.54. The Hall–Kier alpha value is -1.45. The number of hydrogen-bond acceptors (Lipinski definition) is 5. The van der Waals surface area contributed by atoms with E-state index >= 15 is 0 Å². The molecule has 2 heterocycles. The van der Waals surface area contributed by atoms with Crippen molar-refractivity contribution in [2.75, 3.05) is 26.2 Å². The third-order valence-electron chi connectivity index (χ3n) is 3.19. The largest absolute Gasteiger partial charge is 0.339 e. The Kier molecular flexibility index (Phi) is 4.41. The molecule has 9 heteroatoms. The van der Waals surface area contributed by atoms with Crippen LogP contribution in [0.25, 0.3) is 0 Å². The average Bonchev–Trinajstić information content (AvgIpc) is 2.84. The molecule has 112 valence electrons. The summed E-state index contributed by atoms with van der Waals surface area (Å²) in [5, 5.41) is 3.09. The van der Waals surface area contributed by atoms with Crippen LogP contribution in [0.5, 0.6) is 0 Å². The van der Waals surface area contributed by atoms with E-state index in [1.54, 1.807) is 11.9 Å². The van der Waals surface area contributed by atoms with E-state index in [-0.39, 0.29) is 23.5 Å². The quantitative estimate of drug-likeness (QED) is 0.707. The number of aromatic nitrogens is 2. The molecule has 2 rings (SSSR count). The molecule has 1 saturated heterocycles. The average molecular weight is 301 g/mol. The molecule has 0 bridgehead atoms. The van der Waals surface area contributed by atoms with Crippen LogP contribution in [0.15, 0.2) is 17.6 Å². The van der Waals surface area contributed by atoms with Crippen LogP contribution in [0.2, 0.25) is 0 Å². The number of sulfonamides is 1. The molecule has 1 aromatic rings. The molecule has 0 spiro atoms. The lowest BCUT2D eigenvalue weighted by atomic mass is 10.2. The Morgan fingerprint density at radius 2 is 2.35 bits per heavy atom. The van der Waals surface area contributed by atoms with Gasteiger partial charge in [-0.3, -0.25) is 4.79 Å². The summed E-state index contributed by atoms with van der Waals surface area (Å²) in [5.41, 5.74) is 0. The standard InChI is InChI=1S/C11H19N5O3S/c1-9-5-12-3-4-16(9)11(17)6-14-20(18,19)10-7-15(2)8-13-10/h7-9,12,14H,3-6H2,1-2H3. The van der Waals surface area contributed by atoms with Crippen LogP contribution in [0, 0.1) is 0 Å². The van der Waals surface area contributed by atoms with Crippen LogP contribution in [-0.2, 0) is 21.9 Å². The number of rotatable bonds is 4. The normalized spacial score (nSPS) is 20.1. The lowest BCUT2D eigenvalue weighted by molar-refractivity contribution is -0.132. The van der Waals surface area contributed by atoms with Gasteiger partial charge in [-0.1, -0.05) is 0 Å². The van der Waals surface area contributed by atoms with Crippen molar-refractivity contribution < 1.29 is 13.2 Å². The van der Waals surface area contributed by atoms with E-state index < -0.39 is 10.0 Å². The van der Waals surface area contributed by atoms with Gasteiger partial charge in [0, 0.05) is 38.9 Å². The zero-order valence-electron chi connectivity index (χ0n) is 11.5. The van der Waals surface area contributed by atoms with E-state index in [2.05, 4.69) is 15.0 Å². The molecule has 1 aromatic heterocycles. The van der Waals surface area contributed by atoms with Gasteiger partial charge in [0.25, 0.3) is 10.0 Å². The Labute approximate surface area is 118 Å². The topological polar surface area (TPSA) is 96.3 Å². The second-order valence-electron chi connectivity index (χ2n) is 4.84. The highest BCUT2D eigenvalue weighted by atomic mass is 32.2. The number of amides is 1. The van der Waals surface area contributed by atoms with Crippen LogP contribution in [0.1, 0.15) is 6.92 Å². The summed E-state index contributed by atoms with van der Waals surface area (Å²) in [7, 11) is -2.06. The van der Waals surface area contributed by atoms with Gasteiger partial charge in [-0.05, 0) is 6.92 Å². The zero-order chi connectivity index (χ0) is 14.8. The molecule has 1 aliphatic heterocycles. The highest BCUT2D eigenvalue weighted by Gasteiger charge is 2.25. The Morgan fingerprint density at radius 3 is 2.95 bits per heavy atom. The summed E-state index contributed by atoms with van der Waals surface area (Å²) >= 11 is 0. The molecule has 0 saturated carbocycles. The Bertz CT molecular complexity index is 583. The molecule has 1 atom stereocenters. The number of carbonyl (C=O) groups excluding carboxylic acids is 1. The Balaban J connectivity index is 1.96. The van der Waals surface area contributed by atoms with Gasteiger partial charge in [0.1, 0.15) is 0 Å². The van der Waals surface area contributed by atoms with Gasteiger partial charge in [0.05, 0.1) is 12.9 Å². The fourth-order valence-electron chi connectivity index (χ4n) is 2.07. The molecule has 1 aliphatic rings. The Morgan fingerprint density at radius 1 is 1.60 bits per heavy atom. The van der Waals surface area contributed by atoms with E-state index in [0.717, 1.165) is 13.1 Å². The van der Waals surface area contributed by atoms with Crippen molar-refractivity contribution in [3.63, 3.8) is 0 Å². The third-order valence-corrected chi connectivity index (χ3v) is 4.48. The van der Waals surface area contributed by atoms with Crippen LogP contribution >= 0.6 is 0 Å². The first-order valence-corrected chi connectivity index (χ1v) is 7.86. The highest BCUT2D eigenvalue weighted by Crippen LogP contribution is 2.05. The predicted octanol–water partition coefficient (Wildman–Crippen LogP) is -1.48. The van der Waals surface area contributed by atoms with Gasteiger partial charge >= 0.3 is 0 Å². The van der Waals surface area contributed by atoms with Crippen molar-refractivity contribution >= 4 is 15.9 Å². The molecule has 0 radical (unpaired) electrons. The molecule has 1 amide bonds. The van der Waals surface area contributed by atoms with Gasteiger partial charge in [-0.15, -0.1) is 0 Å². The number of imidazole rings is 1. The van der Waals surface area contributed by atoms with Crippen LogP contribution in [0.4, 0.5) is 0 Å². The molecule has 20 heavy (non-hydrogen) atoms. The van der Waals surface area contributed by atoms with Gasteiger partial charge in [0.2, 0.25) is 5.91 Å². The second-order valence-corrected chi connectivity index (χ2v) is 6.56. The molecule has 1 fully saturated rings. The predicted molar refractivity (Wildman–Crippen MR) is 72.4 cm³/mol. The monoisotopic (exact) mass is 301 g/mol. The van der Waals surface area contributed by atoms with E-state index in [9.17, 15) is 13.2 Å². The molecule has 8 nitrogen and oxygen atoms in total. The van der Waals surface area contributed by atoms with E-state index in [1.165, 1.54) is 17.1 Å². The van der Waals surface area contributed by atoms with Crippen molar-refractivity contribution in [3.8, 4) is 0 Å². The summed E-state index contributed by atoms with van der Waals surface area (Å²) in [6, 6.07) is 0.0654. The molecule has 1 unspecified atom stereocenters. The van der Waals surface area contributed by atoms with E-state index in [4.69, 9.17) is 0 Å². The summed E-state index contributed by atoms with van der Waals surface area (Å²) in [6.45, 7) is 3.72. The molecule has 2 N–H and O–H groups in total. The van der Waals surface area contributed by atoms with Crippen LogP contribution < -0.4 is 10.0 Å². The minimum atomic E-state index is -3.74. The lowest BCUT2D eigenvalue weighted by Gasteiger charge is -2.34. The van der Waals surface area contributed by atoms with Crippen molar-refractivity contribution in [2.24, 2.45) is 7.05 Å². The molecular weight excluding hydrogens is 282 g/mol. The van der Waals surface area contributed by atoms with Gasteiger partial charge in [-0.2, -0.15) is 0 Å². The molecular formula is C11H19N5O3S. The summed E-state index contributed by atoms with van der Waals surface area (Å²) in [5.74, 6) is -0.224.